The summed E-state index contributed by atoms with van der Waals surface area (Å²) in [5.41, 5.74) is 8.07. The number of carbonyl (C=O) groups is 2. The Morgan fingerprint density at radius 2 is 2.06 bits per heavy atom. The number of amides is 2. The number of fused-ring (bicyclic) bond motifs is 2. The van der Waals surface area contributed by atoms with Gasteiger partial charge in [-0.1, -0.05) is 29.8 Å². The Morgan fingerprint density at radius 3 is 2.94 bits per heavy atom. The predicted molar refractivity (Wildman–Crippen MR) is 119 cm³/mol. The maximum absolute atomic E-state index is 13.3. The second-order valence-electron chi connectivity index (χ2n) is 8.34. The van der Waals surface area contributed by atoms with Gasteiger partial charge in [0.2, 0.25) is 0 Å². The van der Waals surface area contributed by atoms with Crippen LogP contribution >= 0.6 is 11.6 Å². The fraction of sp³-hybridized carbons (Fsp3) is 0.261. The van der Waals surface area contributed by atoms with E-state index in [0.717, 1.165) is 28.7 Å². The molecular formula is C23H21ClN6O2. The summed E-state index contributed by atoms with van der Waals surface area (Å²) < 4.78 is 0. The minimum absolute atomic E-state index is 0.0506. The second-order valence-corrected chi connectivity index (χ2v) is 8.75. The van der Waals surface area contributed by atoms with Crippen LogP contribution in [-0.2, 0) is 4.79 Å². The summed E-state index contributed by atoms with van der Waals surface area (Å²) in [5, 5.41) is 5.85. The van der Waals surface area contributed by atoms with Gasteiger partial charge in [0, 0.05) is 35.7 Å². The van der Waals surface area contributed by atoms with E-state index in [1.54, 1.807) is 22.3 Å². The smallest absolute Gasteiger partial charge is 0.269 e. The molecule has 2 atom stereocenters. The standard InChI is InChI=1S/C23H21ClN6O2/c24-16-4-2-1-3-14(16)19-10-21-27-17-7-8-29(11-15(17)23(32)30(21)28-19)22(31)13-5-6-18-20(9-13)26-12-25-18/h1-6,9,12,19,21,27-28H,7-8,10-11H2,(H,25,26). The van der Waals surface area contributed by atoms with Gasteiger partial charge in [0.1, 0.15) is 6.17 Å². The van der Waals surface area contributed by atoms with Crippen LogP contribution in [0.4, 0.5) is 0 Å². The zero-order chi connectivity index (χ0) is 21.8. The average Bonchev–Trinajstić information content (AvgIpc) is 3.45. The molecule has 0 spiro atoms. The van der Waals surface area contributed by atoms with Crippen LogP contribution in [0.3, 0.4) is 0 Å². The Balaban J connectivity index is 1.21. The van der Waals surface area contributed by atoms with E-state index in [1.807, 2.05) is 36.4 Å². The number of H-pyrrole nitrogens is 1. The average molecular weight is 449 g/mol. The molecule has 0 bridgehead atoms. The summed E-state index contributed by atoms with van der Waals surface area (Å²) in [6, 6.07) is 13.0. The topological polar surface area (TPSA) is 93.4 Å². The van der Waals surface area contributed by atoms with E-state index >= 15 is 0 Å². The Bertz CT molecular complexity index is 1280. The van der Waals surface area contributed by atoms with Crippen LogP contribution in [0.25, 0.3) is 11.0 Å². The minimum atomic E-state index is -0.132. The molecule has 2 aromatic carbocycles. The van der Waals surface area contributed by atoms with E-state index in [9.17, 15) is 9.59 Å². The highest BCUT2D eigenvalue weighted by atomic mass is 35.5. The number of hydrazine groups is 1. The van der Waals surface area contributed by atoms with Crippen LogP contribution in [0.5, 0.6) is 0 Å². The lowest BCUT2D eigenvalue weighted by molar-refractivity contribution is -0.133. The molecular weight excluding hydrogens is 428 g/mol. The van der Waals surface area contributed by atoms with Crippen LogP contribution < -0.4 is 10.7 Å². The van der Waals surface area contributed by atoms with E-state index < -0.39 is 0 Å². The lowest BCUT2D eigenvalue weighted by atomic mass is 9.99. The molecule has 32 heavy (non-hydrogen) atoms. The van der Waals surface area contributed by atoms with Crippen LogP contribution in [0, 0.1) is 0 Å². The van der Waals surface area contributed by atoms with E-state index in [1.165, 1.54) is 0 Å². The van der Waals surface area contributed by atoms with Gasteiger partial charge in [-0.05, 0) is 29.8 Å². The van der Waals surface area contributed by atoms with E-state index in [-0.39, 0.29) is 30.6 Å². The first-order chi connectivity index (χ1) is 15.6. The molecule has 3 aliphatic heterocycles. The van der Waals surface area contributed by atoms with Crippen LogP contribution in [0.15, 0.2) is 60.1 Å². The SMILES string of the molecule is O=C(c1ccc2nc[nH]c2c1)N1CCC2=C(C1)C(=O)N1NC(c3ccccc3Cl)CC1N2. The summed E-state index contributed by atoms with van der Waals surface area (Å²) in [5.74, 6) is -0.175. The molecule has 0 aliphatic carbocycles. The lowest BCUT2D eigenvalue weighted by Crippen LogP contribution is -2.57. The van der Waals surface area contributed by atoms with Crippen molar-refractivity contribution in [1.29, 1.82) is 0 Å². The van der Waals surface area contributed by atoms with Gasteiger partial charge < -0.3 is 15.2 Å². The second kappa shape index (κ2) is 7.36. The third-order valence-corrected chi connectivity index (χ3v) is 6.81. The highest BCUT2D eigenvalue weighted by Crippen LogP contribution is 2.35. The molecule has 3 N–H and O–H groups in total. The van der Waals surface area contributed by atoms with Crippen molar-refractivity contribution < 1.29 is 9.59 Å². The van der Waals surface area contributed by atoms with Crippen molar-refractivity contribution in [3.63, 3.8) is 0 Å². The molecule has 3 aromatic rings. The number of hydrogen-bond acceptors (Lipinski definition) is 5. The zero-order valence-electron chi connectivity index (χ0n) is 17.1. The Labute approximate surface area is 189 Å². The molecule has 1 fully saturated rings. The summed E-state index contributed by atoms with van der Waals surface area (Å²) >= 11 is 6.38. The summed E-state index contributed by atoms with van der Waals surface area (Å²) in [6.07, 6.45) is 2.82. The Hall–Kier alpha value is -3.36. The van der Waals surface area contributed by atoms with Crippen molar-refractivity contribution in [3.05, 3.63) is 76.2 Å². The number of nitrogens with zero attached hydrogens (tertiary/aromatic N) is 3. The predicted octanol–water partition coefficient (Wildman–Crippen LogP) is 2.72. The molecule has 0 saturated carbocycles. The molecule has 1 aromatic heterocycles. The molecule has 8 nitrogen and oxygen atoms in total. The summed E-state index contributed by atoms with van der Waals surface area (Å²) in [6.45, 7) is 0.843. The molecule has 162 valence electrons. The first-order valence-electron chi connectivity index (χ1n) is 10.6. The van der Waals surface area contributed by atoms with Crippen LogP contribution in [0.1, 0.15) is 34.8 Å². The number of aromatic amines is 1. The number of rotatable bonds is 2. The third-order valence-electron chi connectivity index (χ3n) is 6.46. The molecule has 9 heteroatoms. The quantitative estimate of drug-likeness (QED) is 0.560. The first-order valence-corrected chi connectivity index (χ1v) is 11.0. The molecule has 1 saturated heterocycles. The first kappa shape index (κ1) is 19.3. The number of carbonyl (C=O) groups excluding carboxylic acids is 2. The van der Waals surface area contributed by atoms with Crippen molar-refractivity contribution in [1.82, 2.24) is 30.6 Å². The molecule has 3 aliphatic rings. The summed E-state index contributed by atoms with van der Waals surface area (Å²) in [4.78, 5) is 35.4. The highest BCUT2D eigenvalue weighted by Gasteiger charge is 2.43. The summed E-state index contributed by atoms with van der Waals surface area (Å²) in [7, 11) is 0. The van der Waals surface area contributed by atoms with Crippen LogP contribution in [0.2, 0.25) is 5.02 Å². The number of halogens is 1. The van der Waals surface area contributed by atoms with Gasteiger partial charge in [0.15, 0.2) is 0 Å². The number of hydrogen-bond donors (Lipinski definition) is 3. The zero-order valence-corrected chi connectivity index (χ0v) is 17.9. The fourth-order valence-corrected chi connectivity index (χ4v) is 5.07. The van der Waals surface area contributed by atoms with Gasteiger partial charge in [0.05, 0.1) is 35.5 Å². The number of aromatic nitrogens is 2. The van der Waals surface area contributed by atoms with Gasteiger partial charge in [-0.25, -0.2) is 10.4 Å². The van der Waals surface area contributed by atoms with Gasteiger partial charge in [-0.2, -0.15) is 0 Å². The molecule has 4 heterocycles. The maximum Gasteiger partial charge on any atom is 0.269 e. The monoisotopic (exact) mass is 448 g/mol. The van der Waals surface area contributed by atoms with E-state index in [4.69, 9.17) is 11.6 Å². The van der Waals surface area contributed by atoms with Gasteiger partial charge >= 0.3 is 0 Å². The number of nitrogens with one attached hydrogen (secondary N) is 3. The number of imidazole rings is 1. The molecule has 2 unspecified atom stereocenters. The number of benzene rings is 2. The highest BCUT2D eigenvalue weighted by molar-refractivity contribution is 6.31. The molecule has 6 rings (SSSR count). The van der Waals surface area contributed by atoms with Crippen molar-refractivity contribution in [2.75, 3.05) is 13.1 Å². The third kappa shape index (κ3) is 3.06. The molecule has 0 radical (unpaired) electrons. The van der Waals surface area contributed by atoms with E-state index in [0.29, 0.717) is 29.1 Å². The van der Waals surface area contributed by atoms with Crippen molar-refractivity contribution in [3.8, 4) is 0 Å². The maximum atomic E-state index is 13.3. The van der Waals surface area contributed by atoms with Crippen LogP contribution in [-0.4, -0.2) is 50.9 Å². The lowest BCUT2D eigenvalue weighted by Gasteiger charge is -2.39. The molecule has 2 amide bonds. The van der Waals surface area contributed by atoms with Crippen molar-refractivity contribution >= 4 is 34.4 Å². The van der Waals surface area contributed by atoms with E-state index in [2.05, 4.69) is 20.7 Å². The van der Waals surface area contributed by atoms with Crippen molar-refractivity contribution in [2.24, 2.45) is 0 Å². The van der Waals surface area contributed by atoms with Crippen molar-refractivity contribution in [2.45, 2.75) is 25.0 Å². The largest absolute Gasteiger partial charge is 0.367 e. The van der Waals surface area contributed by atoms with Gasteiger partial charge in [-0.3, -0.25) is 14.6 Å². The minimum Gasteiger partial charge on any atom is -0.367 e. The normalized spacial score (nSPS) is 22.7. The van der Waals surface area contributed by atoms with Gasteiger partial charge in [-0.15, -0.1) is 0 Å². The Morgan fingerprint density at radius 1 is 1.19 bits per heavy atom. The van der Waals surface area contributed by atoms with Gasteiger partial charge in [0.25, 0.3) is 11.8 Å². The fourth-order valence-electron chi connectivity index (χ4n) is 4.81. The Kier molecular flexibility index (Phi) is 4.44.